The van der Waals surface area contributed by atoms with Crippen molar-refractivity contribution in [1.29, 1.82) is 0 Å². The van der Waals surface area contributed by atoms with Crippen LogP contribution in [0.3, 0.4) is 0 Å². The molecule has 3 N–H and O–H groups in total. The molecule has 0 spiro atoms. The monoisotopic (exact) mass is 266 g/mol. The molecule has 0 fully saturated rings. The summed E-state index contributed by atoms with van der Waals surface area (Å²) in [5.41, 5.74) is 6.18. The van der Waals surface area contributed by atoms with Crippen LogP contribution in [0.15, 0.2) is 18.2 Å². The van der Waals surface area contributed by atoms with E-state index in [0.29, 0.717) is 17.1 Å². The van der Waals surface area contributed by atoms with E-state index >= 15 is 0 Å². The molecule has 19 heavy (non-hydrogen) atoms. The van der Waals surface area contributed by atoms with Crippen LogP contribution in [0.25, 0.3) is 0 Å². The Balaban J connectivity index is 3.16. The smallest absolute Gasteiger partial charge is 0.239 e. The Bertz CT molecular complexity index is 435. The lowest BCUT2D eigenvalue weighted by Gasteiger charge is -2.22. The number of carbonyl (C=O) groups excluding carboxylic acids is 1. The van der Waals surface area contributed by atoms with E-state index < -0.39 is 11.9 Å². The zero-order valence-corrected chi connectivity index (χ0v) is 11.9. The van der Waals surface area contributed by atoms with Crippen molar-refractivity contribution in [2.45, 2.75) is 32.4 Å². The fourth-order valence-corrected chi connectivity index (χ4v) is 1.79. The summed E-state index contributed by atoms with van der Waals surface area (Å²) >= 11 is 0. The summed E-state index contributed by atoms with van der Waals surface area (Å²) in [5.74, 6) is 0.834. The van der Waals surface area contributed by atoms with Gasteiger partial charge in [-0.15, -0.1) is 0 Å². The lowest BCUT2D eigenvalue weighted by molar-refractivity contribution is -0.120. The molecule has 0 aromatic heterocycles. The maximum atomic E-state index is 11.7. The minimum atomic E-state index is -0.597. The molecule has 0 radical (unpaired) electrons. The van der Waals surface area contributed by atoms with E-state index in [1.54, 1.807) is 32.4 Å². The van der Waals surface area contributed by atoms with Gasteiger partial charge in [-0.2, -0.15) is 0 Å². The average Bonchev–Trinajstić information content (AvgIpc) is 2.43. The summed E-state index contributed by atoms with van der Waals surface area (Å²) in [6.45, 7) is 4.04. The molecule has 5 heteroatoms. The summed E-state index contributed by atoms with van der Waals surface area (Å²) in [4.78, 5) is 11.7. The van der Waals surface area contributed by atoms with E-state index in [9.17, 15) is 4.79 Å². The van der Waals surface area contributed by atoms with Crippen molar-refractivity contribution in [3.05, 3.63) is 23.8 Å². The van der Waals surface area contributed by atoms with Gasteiger partial charge >= 0.3 is 0 Å². The van der Waals surface area contributed by atoms with Crippen LogP contribution in [0.2, 0.25) is 0 Å². The fraction of sp³-hybridized carbons (Fsp3) is 0.500. The van der Waals surface area contributed by atoms with E-state index in [4.69, 9.17) is 15.2 Å². The normalized spacial score (nSPS) is 13.7. The lowest BCUT2D eigenvalue weighted by atomic mass is 10.0. The van der Waals surface area contributed by atoms with Crippen molar-refractivity contribution in [2.75, 3.05) is 14.2 Å². The zero-order chi connectivity index (χ0) is 14.4. The largest absolute Gasteiger partial charge is 0.497 e. The second kappa shape index (κ2) is 6.99. The molecule has 0 aliphatic carbocycles. The highest BCUT2D eigenvalue weighted by Crippen LogP contribution is 2.29. The van der Waals surface area contributed by atoms with E-state index in [0.717, 1.165) is 6.42 Å². The third-order valence-electron chi connectivity index (χ3n) is 3.10. The van der Waals surface area contributed by atoms with Crippen LogP contribution in [-0.2, 0) is 4.79 Å². The van der Waals surface area contributed by atoms with Crippen molar-refractivity contribution in [2.24, 2.45) is 5.73 Å². The highest BCUT2D eigenvalue weighted by atomic mass is 16.5. The lowest BCUT2D eigenvalue weighted by Crippen LogP contribution is -2.38. The topological polar surface area (TPSA) is 73.6 Å². The van der Waals surface area contributed by atoms with E-state index in [-0.39, 0.29) is 6.04 Å². The number of nitrogens with two attached hydrogens (primary N) is 1. The Hall–Kier alpha value is -1.75. The zero-order valence-electron chi connectivity index (χ0n) is 11.9. The Kier molecular flexibility index (Phi) is 5.63. The summed E-state index contributed by atoms with van der Waals surface area (Å²) in [6, 6.07) is 4.89. The van der Waals surface area contributed by atoms with E-state index in [1.807, 2.05) is 13.8 Å². The molecule has 0 aliphatic rings. The number of nitrogens with one attached hydrogen (secondary N) is 1. The first-order valence-corrected chi connectivity index (χ1v) is 6.30. The molecule has 0 saturated heterocycles. The molecule has 1 aromatic carbocycles. The average molecular weight is 266 g/mol. The molecule has 0 bridgehead atoms. The van der Waals surface area contributed by atoms with Crippen LogP contribution in [-0.4, -0.2) is 26.2 Å². The maximum absolute atomic E-state index is 11.7. The molecule has 1 amide bonds. The summed E-state index contributed by atoms with van der Waals surface area (Å²) in [6.07, 6.45) is 0.899. The predicted molar refractivity (Wildman–Crippen MR) is 74.4 cm³/mol. The van der Waals surface area contributed by atoms with Crippen LogP contribution in [0.1, 0.15) is 31.9 Å². The summed E-state index contributed by atoms with van der Waals surface area (Å²) < 4.78 is 10.5. The molecule has 1 aromatic rings. The first kappa shape index (κ1) is 15.3. The number of carbonyl (C=O) groups is 1. The van der Waals surface area contributed by atoms with Gasteiger partial charge in [0, 0.05) is 11.6 Å². The van der Waals surface area contributed by atoms with Gasteiger partial charge in [0.2, 0.25) is 5.91 Å². The first-order valence-electron chi connectivity index (χ1n) is 6.30. The van der Waals surface area contributed by atoms with Gasteiger partial charge in [0.15, 0.2) is 0 Å². The Morgan fingerprint density at radius 1 is 1.37 bits per heavy atom. The minimum Gasteiger partial charge on any atom is -0.497 e. The second-order valence-electron chi connectivity index (χ2n) is 4.42. The second-order valence-corrected chi connectivity index (χ2v) is 4.42. The Morgan fingerprint density at radius 3 is 2.53 bits per heavy atom. The number of rotatable bonds is 7. The van der Waals surface area contributed by atoms with Gasteiger partial charge in [-0.05, 0) is 31.5 Å². The van der Waals surface area contributed by atoms with Crippen molar-refractivity contribution in [1.82, 2.24) is 5.32 Å². The van der Waals surface area contributed by atoms with Crippen molar-refractivity contribution < 1.29 is 14.3 Å². The van der Waals surface area contributed by atoms with E-state index in [1.165, 1.54) is 0 Å². The molecule has 0 heterocycles. The van der Waals surface area contributed by atoms with Crippen LogP contribution < -0.4 is 20.5 Å². The van der Waals surface area contributed by atoms with Gasteiger partial charge in [0.25, 0.3) is 0 Å². The highest BCUT2D eigenvalue weighted by Gasteiger charge is 2.23. The van der Waals surface area contributed by atoms with Gasteiger partial charge in [0.1, 0.15) is 17.5 Å². The van der Waals surface area contributed by atoms with Gasteiger partial charge < -0.3 is 15.2 Å². The van der Waals surface area contributed by atoms with Crippen molar-refractivity contribution >= 4 is 5.91 Å². The number of ether oxygens (including phenoxy) is 2. The number of hydrogen-bond acceptors (Lipinski definition) is 4. The molecule has 0 aliphatic heterocycles. The van der Waals surface area contributed by atoms with Crippen molar-refractivity contribution in [3.63, 3.8) is 0 Å². The molecular formula is C14H22N2O3. The number of hydrogen-bond donors (Lipinski definition) is 2. The van der Waals surface area contributed by atoms with Crippen LogP contribution in [0.4, 0.5) is 0 Å². The molecule has 2 atom stereocenters. The highest BCUT2D eigenvalue weighted by molar-refractivity contribution is 5.82. The summed E-state index contributed by atoms with van der Waals surface area (Å²) in [7, 11) is 3.14. The summed E-state index contributed by atoms with van der Waals surface area (Å²) in [5, 5.41) is 3.20. The molecule has 1 rings (SSSR count). The number of primary amides is 1. The van der Waals surface area contributed by atoms with E-state index in [2.05, 4.69) is 5.32 Å². The first-order chi connectivity index (χ1) is 9.03. The molecule has 0 saturated carbocycles. The minimum absolute atomic E-state index is 0.174. The standard InChI is InChI=1S/C14H22N2O3/c1-5-9(2)16-13(14(15)17)11-8-10(18-3)6-7-12(11)19-4/h6-9,13,16H,5H2,1-4H3,(H2,15,17). The van der Waals surface area contributed by atoms with Crippen molar-refractivity contribution in [3.8, 4) is 11.5 Å². The quantitative estimate of drug-likeness (QED) is 0.786. The Labute approximate surface area is 114 Å². The number of benzene rings is 1. The predicted octanol–water partition coefficient (Wildman–Crippen LogP) is 1.62. The maximum Gasteiger partial charge on any atom is 0.239 e. The SMILES string of the molecule is CCC(C)NC(C(N)=O)c1cc(OC)ccc1OC. The molecule has 106 valence electrons. The number of amides is 1. The van der Waals surface area contributed by atoms with Gasteiger partial charge in [0.05, 0.1) is 14.2 Å². The van der Waals surface area contributed by atoms with Crippen LogP contribution >= 0.6 is 0 Å². The fourth-order valence-electron chi connectivity index (χ4n) is 1.79. The van der Waals surface area contributed by atoms with Gasteiger partial charge in [-0.25, -0.2) is 0 Å². The Morgan fingerprint density at radius 2 is 2.05 bits per heavy atom. The molecule has 5 nitrogen and oxygen atoms in total. The third-order valence-corrected chi connectivity index (χ3v) is 3.10. The molecular weight excluding hydrogens is 244 g/mol. The number of methoxy groups -OCH3 is 2. The third kappa shape index (κ3) is 3.86. The van der Waals surface area contributed by atoms with Crippen LogP contribution in [0.5, 0.6) is 11.5 Å². The van der Waals surface area contributed by atoms with Gasteiger partial charge in [-0.3, -0.25) is 10.1 Å². The molecule has 2 unspecified atom stereocenters. The van der Waals surface area contributed by atoms with Crippen LogP contribution in [0, 0.1) is 0 Å². The van der Waals surface area contributed by atoms with Gasteiger partial charge in [-0.1, -0.05) is 6.92 Å².